The molecule has 7 heteroatoms. The molecular formula is C9H8Br2N2O3. The number of hydrogen-bond donors (Lipinski definition) is 3. The van der Waals surface area contributed by atoms with Gasteiger partial charge in [0.05, 0.1) is 10.7 Å². The Morgan fingerprint density at radius 3 is 2.81 bits per heavy atom. The van der Waals surface area contributed by atoms with E-state index in [4.69, 9.17) is 5.11 Å². The van der Waals surface area contributed by atoms with Crippen LogP contribution in [0.25, 0.3) is 0 Å². The van der Waals surface area contributed by atoms with E-state index >= 15 is 0 Å². The fraction of sp³-hybridized carbons (Fsp3) is 0.111. The quantitative estimate of drug-likeness (QED) is 0.568. The summed E-state index contributed by atoms with van der Waals surface area (Å²) in [5.74, 6) is -0.602. The van der Waals surface area contributed by atoms with E-state index in [2.05, 4.69) is 42.4 Å². The van der Waals surface area contributed by atoms with Gasteiger partial charge in [0.15, 0.2) is 0 Å². The van der Waals surface area contributed by atoms with Crippen LogP contribution in [0.3, 0.4) is 0 Å². The first-order valence-corrected chi connectivity index (χ1v) is 5.74. The molecule has 16 heavy (non-hydrogen) atoms. The van der Waals surface area contributed by atoms with E-state index in [0.29, 0.717) is 10.0 Å². The van der Waals surface area contributed by atoms with Crippen LogP contribution in [-0.2, 0) is 4.79 Å². The Bertz CT molecular complexity index is 435. The summed E-state index contributed by atoms with van der Waals surface area (Å²) in [6, 6.07) is 3.31. The molecule has 0 unspecified atom stereocenters. The molecule has 0 saturated carbocycles. The highest BCUT2D eigenvalue weighted by molar-refractivity contribution is 9.11. The lowest BCUT2D eigenvalue weighted by Gasteiger charge is -2.02. The van der Waals surface area contributed by atoms with Gasteiger partial charge >= 0.3 is 0 Å². The van der Waals surface area contributed by atoms with Crippen molar-refractivity contribution in [1.82, 2.24) is 5.43 Å². The predicted molar refractivity (Wildman–Crippen MR) is 66.3 cm³/mol. The van der Waals surface area contributed by atoms with Crippen LogP contribution in [-0.4, -0.2) is 28.9 Å². The highest BCUT2D eigenvalue weighted by Gasteiger charge is 2.05. The van der Waals surface area contributed by atoms with E-state index in [1.54, 1.807) is 12.1 Å². The number of phenols is 1. The largest absolute Gasteiger partial charge is 0.506 e. The maximum absolute atomic E-state index is 10.7. The number of hydrazone groups is 1. The lowest BCUT2D eigenvalue weighted by atomic mass is 10.2. The van der Waals surface area contributed by atoms with Crippen molar-refractivity contribution in [3.63, 3.8) is 0 Å². The lowest BCUT2D eigenvalue weighted by molar-refractivity contribution is -0.123. The lowest BCUT2D eigenvalue weighted by Crippen LogP contribution is -2.20. The third-order valence-electron chi connectivity index (χ3n) is 1.59. The second-order valence-electron chi connectivity index (χ2n) is 2.78. The summed E-state index contributed by atoms with van der Waals surface area (Å²) in [6.07, 6.45) is 1.28. The predicted octanol–water partition coefficient (Wildman–Crippen LogP) is 1.36. The number of aliphatic hydroxyl groups is 1. The van der Waals surface area contributed by atoms with Gasteiger partial charge in [-0.25, -0.2) is 5.43 Å². The van der Waals surface area contributed by atoms with E-state index in [-0.39, 0.29) is 5.75 Å². The van der Waals surface area contributed by atoms with Crippen molar-refractivity contribution in [3.8, 4) is 5.75 Å². The average Bonchev–Trinajstić information content (AvgIpc) is 2.24. The molecule has 0 radical (unpaired) electrons. The van der Waals surface area contributed by atoms with E-state index in [0.717, 1.165) is 4.47 Å². The molecule has 1 rings (SSSR count). The number of aliphatic hydroxyl groups excluding tert-OH is 1. The molecule has 0 atom stereocenters. The highest BCUT2D eigenvalue weighted by Crippen LogP contribution is 2.30. The summed E-state index contributed by atoms with van der Waals surface area (Å²) in [6.45, 7) is -0.633. The third-order valence-corrected chi connectivity index (χ3v) is 2.66. The van der Waals surface area contributed by atoms with E-state index in [9.17, 15) is 9.90 Å². The van der Waals surface area contributed by atoms with Gasteiger partial charge in [0.1, 0.15) is 12.4 Å². The number of nitrogens with one attached hydrogen (secondary N) is 1. The zero-order valence-electron chi connectivity index (χ0n) is 7.94. The normalized spacial score (nSPS) is 10.7. The second kappa shape index (κ2) is 5.97. The molecule has 0 fully saturated rings. The minimum Gasteiger partial charge on any atom is -0.506 e. The van der Waals surface area contributed by atoms with Gasteiger partial charge in [-0.3, -0.25) is 4.79 Å². The molecular weight excluding hydrogens is 344 g/mol. The molecule has 5 nitrogen and oxygen atoms in total. The molecule has 0 aliphatic heterocycles. The van der Waals surface area contributed by atoms with Crippen LogP contribution in [0, 0.1) is 0 Å². The molecule has 1 amide bonds. The van der Waals surface area contributed by atoms with Crippen LogP contribution in [0.2, 0.25) is 0 Å². The number of carbonyl (C=O) groups is 1. The monoisotopic (exact) mass is 350 g/mol. The number of rotatable bonds is 3. The standard InChI is InChI=1S/C9H8Br2N2O3/c10-6-1-5(9(16)7(11)2-6)3-12-13-8(15)4-14/h1-3,14,16H,4H2,(H,13,15)/b12-3-. The van der Waals surface area contributed by atoms with Crippen LogP contribution >= 0.6 is 31.9 Å². The molecule has 3 N–H and O–H groups in total. The Labute approximate surface area is 108 Å². The van der Waals surface area contributed by atoms with Gasteiger partial charge in [0.25, 0.3) is 5.91 Å². The average molecular weight is 352 g/mol. The Hall–Kier alpha value is -0.920. The number of carbonyl (C=O) groups excluding carboxylic acids is 1. The zero-order valence-corrected chi connectivity index (χ0v) is 11.1. The van der Waals surface area contributed by atoms with Crippen molar-refractivity contribution in [2.45, 2.75) is 0 Å². The highest BCUT2D eigenvalue weighted by atomic mass is 79.9. The van der Waals surface area contributed by atoms with Crippen LogP contribution in [0.4, 0.5) is 0 Å². The molecule has 0 aliphatic carbocycles. The zero-order chi connectivity index (χ0) is 12.1. The van der Waals surface area contributed by atoms with Gasteiger partial charge in [-0.05, 0) is 28.1 Å². The first kappa shape index (κ1) is 13.1. The number of phenolic OH excluding ortho intramolecular Hbond substituents is 1. The Balaban J connectivity index is 2.85. The third kappa shape index (κ3) is 3.58. The van der Waals surface area contributed by atoms with Gasteiger partial charge < -0.3 is 10.2 Å². The molecule has 1 aromatic carbocycles. The van der Waals surface area contributed by atoms with Gasteiger partial charge in [-0.15, -0.1) is 0 Å². The van der Waals surface area contributed by atoms with Gasteiger partial charge in [-0.1, -0.05) is 15.9 Å². The molecule has 0 aliphatic rings. The smallest absolute Gasteiger partial charge is 0.265 e. The minimum atomic E-state index is -0.633. The Morgan fingerprint density at radius 1 is 1.50 bits per heavy atom. The van der Waals surface area contributed by atoms with Crippen molar-refractivity contribution in [1.29, 1.82) is 0 Å². The number of aromatic hydroxyl groups is 1. The Kier molecular flexibility index (Phi) is 4.91. The summed E-state index contributed by atoms with van der Waals surface area (Å²) < 4.78 is 1.27. The number of amides is 1. The number of benzene rings is 1. The molecule has 86 valence electrons. The number of halogens is 2. The SMILES string of the molecule is O=C(CO)N/N=C\c1cc(Br)cc(Br)c1O. The van der Waals surface area contributed by atoms with Crippen LogP contribution in [0.5, 0.6) is 5.75 Å². The molecule has 0 aromatic heterocycles. The molecule has 0 saturated heterocycles. The topological polar surface area (TPSA) is 81.9 Å². The van der Waals surface area contributed by atoms with Crippen molar-refractivity contribution in [2.24, 2.45) is 5.10 Å². The maximum atomic E-state index is 10.7. The van der Waals surface area contributed by atoms with Gasteiger partial charge in [0.2, 0.25) is 0 Å². The van der Waals surface area contributed by atoms with Gasteiger partial charge in [-0.2, -0.15) is 5.10 Å². The summed E-state index contributed by atoms with van der Waals surface area (Å²) in [7, 11) is 0. The van der Waals surface area contributed by atoms with Crippen LogP contribution in [0.1, 0.15) is 5.56 Å². The van der Waals surface area contributed by atoms with E-state index in [1.807, 2.05) is 0 Å². The first-order chi connectivity index (χ1) is 7.54. The van der Waals surface area contributed by atoms with E-state index in [1.165, 1.54) is 6.21 Å². The molecule has 0 bridgehead atoms. The van der Waals surface area contributed by atoms with Crippen molar-refractivity contribution in [2.75, 3.05) is 6.61 Å². The van der Waals surface area contributed by atoms with Crippen molar-refractivity contribution >= 4 is 44.0 Å². The number of nitrogens with zero attached hydrogens (tertiary/aromatic N) is 1. The van der Waals surface area contributed by atoms with Crippen molar-refractivity contribution in [3.05, 3.63) is 26.6 Å². The maximum Gasteiger partial charge on any atom is 0.265 e. The number of hydrogen-bond acceptors (Lipinski definition) is 4. The molecule has 0 heterocycles. The Morgan fingerprint density at radius 2 is 2.19 bits per heavy atom. The van der Waals surface area contributed by atoms with Crippen LogP contribution in [0.15, 0.2) is 26.2 Å². The second-order valence-corrected chi connectivity index (χ2v) is 4.55. The summed E-state index contributed by atoms with van der Waals surface area (Å²) >= 11 is 6.41. The first-order valence-electron chi connectivity index (χ1n) is 4.15. The summed E-state index contributed by atoms with van der Waals surface area (Å²) in [5, 5.41) is 21.6. The fourth-order valence-corrected chi connectivity index (χ4v) is 2.15. The summed E-state index contributed by atoms with van der Waals surface area (Å²) in [5.41, 5.74) is 2.52. The molecule has 1 aromatic rings. The van der Waals surface area contributed by atoms with Gasteiger partial charge in [0, 0.05) is 10.0 Å². The van der Waals surface area contributed by atoms with E-state index < -0.39 is 12.5 Å². The van der Waals surface area contributed by atoms with Crippen molar-refractivity contribution < 1.29 is 15.0 Å². The minimum absolute atomic E-state index is 0.0187. The fourth-order valence-electron chi connectivity index (χ4n) is 0.893. The van der Waals surface area contributed by atoms with Crippen LogP contribution < -0.4 is 5.43 Å². The summed E-state index contributed by atoms with van der Waals surface area (Å²) in [4.78, 5) is 10.7. The molecule has 0 spiro atoms.